The van der Waals surface area contributed by atoms with Crippen LogP contribution in [0.1, 0.15) is 26.7 Å². The van der Waals surface area contributed by atoms with Crippen molar-refractivity contribution in [1.82, 2.24) is 4.90 Å². The minimum absolute atomic E-state index is 0.0680. The van der Waals surface area contributed by atoms with E-state index in [1.54, 1.807) is 0 Å². The fourth-order valence-corrected chi connectivity index (χ4v) is 1.87. The first-order chi connectivity index (χ1) is 6.19. The van der Waals surface area contributed by atoms with Gasteiger partial charge in [-0.05, 0) is 25.8 Å². The van der Waals surface area contributed by atoms with Crippen molar-refractivity contribution in [2.45, 2.75) is 32.7 Å². The van der Waals surface area contributed by atoms with E-state index in [1.165, 1.54) is 20.0 Å². The molecule has 0 aromatic rings. The number of nitrogens with zero attached hydrogens (tertiary/aromatic N) is 1. The number of esters is 1. The van der Waals surface area contributed by atoms with E-state index in [1.807, 2.05) is 6.92 Å². The number of hydrogen-bond donors (Lipinski definition) is 0. The molecule has 76 valence electrons. The van der Waals surface area contributed by atoms with Gasteiger partial charge in [0.25, 0.3) is 0 Å². The third-order valence-electron chi connectivity index (χ3n) is 2.98. The second-order valence-electron chi connectivity index (χ2n) is 3.76. The maximum Gasteiger partial charge on any atom is 0.322 e. The van der Waals surface area contributed by atoms with Gasteiger partial charge in [0, 0.05) is 6.54 Å². The summed E-state index contributed by atoms with van der Waals surface area (Å²) >= 11 is 0. The Balaban J connectivity index is 2.41. The van der Waals surface area contributed by atoms with Crippen molar-refractivity contribution < 1.29 is 9.53 Å². The van der Waals surface area contributed by atoms with Crippen LogP contribution in [-0.2, 0) is 9.53 Å². The number of methoxy groups -OCH3 is 1. The molecule has 0 aliphatic carbocycles. The van der Waals surface area contributed by atoms with Crippen molar-refractivity contribution in [2.24, 2.45) is 5.92 Å². The summed E-state index contributed by atoms with van der Waals surface area (Å²) in [6.45, 7) is 6.21. The molecule has 2 atom stereocenters. The zero-order valence-electron chi connectivity index (χ0n) is 8.75. The molecule has 0 bridgehead atoms. The first-order valence-corrected chi connectivity index (χ1v) is 5.01. The Kier molecular flexibility index (Phi) is 3.72. The molecule has 0 amide bonds. The maximum atomic E-state index is 11.2. The van der Waals surface area contributed by atoms with Crippen LogP contribution in [0.25, 0.3) is 0 Å². The normalized spacial score (nSPS) is 25.9. The third kappa shape index (κ3) is 2.44. The predicted octanol–water partition coefficient (Wildman–Crippen LogP) is 1.28. The van der Waals surface area contributed by atoms with Gasteiger partial charge in [0.15, 0.2) is 0 Å². The molecule has 0 spiro atoms. The number of ether oxygens (including phenoxy) is 1. The van der Waals surface area contributed by atoms with Gasteiger partial charge in [-0.3, -0.25) is 9.69 Å². The Bertz CT molecular complexity index is 182. The lowest BCUT2D eigenvalue weighted by Gasteiger charge is -2.21. The van der Waals surface area contributed by atoms with E-state index >= 15 is 0 Å². The van der Waals surface area contributed by atoms with Crippen molar-refractivity contribution >= 4 is 5.97 Å². The van der Waals surface area contributed by atoms with E-state index in [0.717, 1.165) is 19.0 Å². The fraction of sp³-hybridized carbons (Fsp3) is 0.900. The van der Waals surface area contributed by atoms with Gasteiger partial charge in [-0.1, -0.05) is 13.3 Å². The summed E-state index contributed by atoms with van der Waals surface area (Å²) in [6.07, 6.45) is 2.43. The van der Waals surface area contributed by atoms with Gasteiger partial charge in [-0.25, -0.2) is 0 Å². The van der Waals surface area contributed by atoms with Crippen LogP contribution in [0.15, 0.2) is 0 Å². The second-order valence-corrected chi connectivity index (χ2v) is 3.76. The van der Waals surface area contributed by atoms with Gasteiger partial charge < -0.3 is 4.74 Å². The van der Waals surface area contributed by atoms with E-state index in [0.29, 0.717) is 0 Å². The number of carbonyl (C=O) groups excluding carboxylic acids is 1. The van der Waals surface area contributed by atoms with Crippen LogP contribution in [0.4, 0.5) is 0 Å². The topological polar surface area (TPSA) is 29.5 Å². The zero-order chi connectivity index (χ0) is 9.84. The summed E-state index contributed by atoms with van der Waals surface area (Å²) in [6, 6.07) is -0.0680. The van der Waals surface area contributed by atoms with Crippen molar-refractivity contribution in [1.29, 1.82) is 0 Å². The average molecular weight is 185 g/mol. The molecule has 0 radical (unpaired) electrons. The highest BCUT2D eigenvalue weighted by molar-refractivity contribution is 5.75. The molecule has 1 aliphatic rings. The molecule has 0 N–H and O–H groups in total. The first-order valence-electron chi connectivity index (χ1n) is 5.01. The highest BCUT2D eigenvalue weighted by Gasteiger charge is 2.28. The lowest BCUT2D eigenvalue weighted by molar-refractivity contribution is -0.145. The van der Waals surface area contributed by atoms with Crippen LogP contribution in [0.5, 0.6) is 0 Å². The Morgan fingerprint density at radius 3 is 2.85 bits per heavy atom. The SMILES string of the molecule is CCC1CCN(C(C)C(=O)OC)C1. The monoisotopic (exact) mass is 185 g/mol. The van der Waals surface area contributed by atoms with Crippen LogP contribution in [0.2, 0.25) is 0 Å². The molecule has 0 aromatic heterocycles. The molecular formula is C10H19NO2. The molecular weight excluding hydrogens is 166 g/mol. The lowest BCUT2D eigenvalue weighted by atomic mass is 10.1. The Labute approximate surface area is 80.1 Å². The number of carbonyl (C=O) groups is 1. The Morgan fingerprint density at radius 2 is 2.38 bits per heavy atom. The molecule has 1 rings (SSSR count). The summed E-state index contributed by atoms with van der Waals surface area (Å²) < 4.78 is 4.71. The molecule has 0 saturated carbocycles. The van der Waals surface area contributed by atoms with E-state index in [-0.39, 0.29) is 12.0 Å². The number of likely N-dealkylation sites (tertiary alicyclic amines) is 1. The summed E-state index contributed by atoms with van der Waals surface area (Å²) in [7, 11) is 1.45. The van der Waals surface area contributed by atoms with Crippen LogP contribution >= 0.6 is 0 Å². The van der Waals surface area contributed by atoms with E-state index in [9.17, 15) is 4.79 Å². The average Bonchev–Trinajstić information content (AvgIpc) is 2.63. The predicted molar refractivity (Wildman–Crippen MR) is 51.4 cm³/mol. The van der Waals surface area contributed by atoms with Gasteiger partial charge in [0.05, 0.1) is 7.11 Å². The lowest BCUT2D eigenvalue weighted by Crippen LogP contribution is -2.38. The zero-order valence-corrected chi connectivity index (χ0v) is 8.75. The summed E-state index contributed by atoms with van der Waals surface area (Å²) in [5, 5.41) is 0. The molecule has 13 heavy (non-hydrogen) atoms. The van der Waals surface area contributed by atoms with Gasteiger partial charge >= 0.3 is 5.97 Å². The third-order valence-corrected chi connectivity index (χ3v) is 2.98. The van der Waals surface area contributed by atoms with Gasteiger partial charge in [-0.15, -0.1) is 0 Å². The smallest absolute Gasteiger partial charge is 0.322 e. The molecule has 3 heteroatoms. The molecule has 2 unspecified atom stereocenters. The summed E-state index contributed by atoms with van der Waals surface area (Å²) in [5.41, 5.74) is 0. The number of rotatable bonds is 3. The van der Waals surface area contributed by atoms with E-state index < -0.39 is 0 Å². The quantitative estimate of drug-likeness (QED) is 0.620. The fourth-order valence-electron chi connectivity index (χ4n) is 1.87. The maximum absolute atomic E-state index is 11.2. The van der Waals surface area contributed by atoms with E-state index in [4.69, 9.17) is 4.74 Å². The highest BCUT2D eigenvalue weighted by atomic mass is 16.5. The van der Waals surface area contributed by atoms with Crippen molar-refractivity contribution in [3.05, 3.63) is 0 Å². The highest BCUT2D eigenvalue weighted by Crippen LogP contribution is 2.21. The minimum Gasteiger partial charge on any atom is -0.468 e. The van der Waals surface area contributed by atoms with Crippen LogP contribution in [0.3, 0.4) is 0 Å². The van der Waals surface area contributed by atoms with Crippen molar-refractivity contribution in [3.63, 3.8) is 0 Å². The van der Waals surface area contributed by atoms with Crippen LogP contribution < -0.4 is 0 Å². The van der Waals surface area contributed by atoms with Crippen molar-refractivity contribution in [3.8, 4) is 0 Å². The largest absolute Gasteiger partial charge is 0.468 e. The Hall–Kier alpha value is -0.570. The second kappa shape index (κ2) is 4.61. The van der Waals surface area contributed by atoms with Crippen molar-refractivity contribution in [2.75, 3.05) is 20.2 Å². The van der Waals surface area contributed by atoms with Gasteiger partial charge in [0.1, 0.15) is 6.04 Å². The molecule has 0 aromatic carbocycles. The molecule has 1 saturated heterocycles. The molecule has 1 heterocycles. The molecule has 1 aliphatic heterocycles. The van der Waals surface area contributed by atoms with E-state index in [2.05, 4.69) is 11.8 Å². The molecule has 1 fully saturated rings. The van der Waals surface area contributed by atoms with Gasteiger partial charge in [-0.2, -0.15) is 0 Å². The van der Waals surface area contributed by atoms with Crippen LogP contribution in [-0.4, -0.2) is 37.1 Å². The molecule has 3 nitrogen and oxygen atoms in total. The standard InChI is InChI=1S/C10H19NO2/c1-4-9-5-6-11(7-9)8(2)10(12)13-3/h8-9H,4-7H2,1-3H3. The number of hydrogen-bond acceptors (Lipinski definition) is 3. The van der Waals surface area contributed by atoms with Crippen LogP contribution in [0, 0.1) is 5.92 Å². The minimum atomic E-state index is -0.114. The Morgan fingerprint density at radius 1 is 1.69 bits per heavy atom. The first kappa shape index (κ1) is 10.5. The summed E-state index contributed by atoms with van der Waals surface area (Å²) in [5.74, 6) is 0.656. The summed E-state index contributed by atoms with van der Waals surface area (Å²) in [4.78, 5) is 13.4. The van der Waals surface area contributed by atoms with Gasteiger partial charge in [0.2, 0.25) is 0 Å².